The SMILES string of the molecule is C#CC(C)NC1CCCNC1=O. The van der Waals surface area contributed by atoms with Crippen molar-refractivity contribution in [2.75, 3.05) is 6.54 Å². The molecular weight excluding hydrogens is 152 g/mol. The summed E-state index contributed by atoms with van der Waals surface area (Å²) in [7, 11) is 0. The lowest BCUT2D eigenvalue weighted by atomic mass is 10.1. The fraction of sp³-hybridized carbons (Fsp3) is 0.667. The summed E-state index contributed by atoms with van der Waals surface area (Å²) in [5.74, 6) is 2.61. The van der Waals surface area contributed by atoms with Gasteiger partial charge in [-0.2, -0.15) is 0 Å². The maximum absolute atomic E-state index is 11.2. The van der Waals surface area contributed by atoms with Gasteiger partial charge in [0, 0.05) is 6.54 Å². The van der Waals surface area contributed by atoms with Crippen LogP contribution in [0.4, 0.5) is 0 Å². The van der Waals surface area contributed by atoms with Gasteiger partial charge in [-0.05, 0) is 19.8 Å². The second-order valence-electron chi connectivity index (χ2n) is 3.04. The predicted molar refractivity (Wildman–Crippen MR) is 47.5 cm³/mol. The summed E-state index contributed by atoms with van der Waals surface area (Å²) in [5.41, 5.74) is 0. The normalized spacial score (nSPS) is 25.7. The number of carbonyl (C=O) groups excluding carboxylic acids is 1. The van der Waals surface area contributed by atoms with Crippen molar-refractivity contribution in [1.29, 1.82) is 0 Å². The molecule has 2 N–H and O–H groups in total. The molecule has 0 aromatic heterocycles. The first-order valence-corrected chi connectivity index (χ1v) is 4.24. The van der Waals surface area contributed by atoms with Crippen molar-refractivity contribution in [3.05, 3.63) is 0 Å². The van der Waals surface area contributed by atoms with Crippen LogP contribution in [-0.2, 0) is 4.79 Å². The topological polar surface area (TPSA) is 41.1 Å². The molecule has 3 nitrogen and oxygen atoms in total. The highest BCUT2D eigenvalue weighted by Gasteiger charge is 2.22. The molecule has 3 heteroatoms. The van der Waals surface area contributed by atoms with Crippen LogP contribution >= 0.6 is 0 Å². The summed E-state index contributed by atoms with van der Waals surface area (Å²) in [5, 5.41) is 5.86. The van der Waals surface area contributed by atoms with Crippen LogP contribution < -0.4 is 10.6 Å². The Morgan fingerprint density at radius 1 is 1.83 bits per heavy atom. The average Bonchev–Trinajstić information content (AvgIpc) is 2.09. The number of hydrogen-bond acceptors (Lipinski definition) is 2. The first-order chi connectivity index (χ1) is 5.74. The highest BCUT2D eigenvalue weighted by molar-refractivity contribution is 5.82. The van der Waals surface area contributed by atoms with Crippen molar-refractivity contribution >= 4 is 5.91 Å². The molecule has 0 radical (unpaired) electrons. The highest BCUT2D eigenvalue weighted by Crippen LogP contribution is 2.03. The molecule has 1 amide bonds. The number of rotatable bonds is 2. The van der Waals surface area contributed by atoms with Crippen LogP contribution in [0.5, 0.6) is 0 Å². The lowest BCUT2D eigenvalue weighted by molar-refractivity contribution is -0.124. The molecule has 1 heterocycles. The third kappa shape index (κ3) is 2.24. The van der Waals surface area contributed by atoms with Crippen LogP contribution in [0, 0.1) is 12.3 Å². The van der Waals surface area contributed by atoms with Gasteiger partial charge in [-0.25, -0.2) is 0 Å². The van der Waals surface area contributed by atoms with Crippen LogP contribution in [0.15, 0.2) is 0 Å². The molecule has 0 saturated carbocycles. The van der Waals surface area contributed by atoms with E-state index in [4.69, 9.17) is 6.42 Å². The van der Waals surface area contributed by atoms with Crippen molar-refractivity contribution in [2.24, 2.45) is 0 Å². The van der Waals surface area contributed by atoms with Gasteiger partial charge in [-0.1, -0.05) is 5.92 Å². The Kier molecular flexibility index (Phi) is 3.12. The fourth-order valence-electron chi connectivity index (χ4n) is 1.28. The lowest BCUT2D eigenvalue weighted by Gasteiger charge is -2.24. The van der Waals surface area contributed by atoms with Gasteiger partial charge in [0.05, 0.1) is 12.1 Å². The van der Waals surface area contributed by atoms with Crippen LogP contribution in [0.2, 0.25) is 0 Å². The molecule has 1 fully saturated rings. The van der Waals surface area contributed by atoms with Crippen LogP contribution in [0.25, 0.3) is 0 Å². The molecule has 0 bridgehead atoms. The second-order valence-corrected chi connectivity index (χ2v) is 3.04. The van der Waals surface area contributed by atoms with Crippen molar-refractivity contribution < 1.29 is 4.79 Å². The molecule has 0 spiro atoms. The zero-order chi connectivity index (χ0) is 8.97. The van der Waals surface area contributed by atoms with E-state index in [0.717, 1.165) is 19.4 Å². The van der Waals surface area contributed by atoms with Crippen LogP contribution in [-0.4, -0.2) is 24.5 Å². The van der Waals surface area contributed by atoms with E-state index in [0.29, 0.717) is 0 Å². The molecule has 66 valence electrons. The van der Waals surface area contributed by atoms with Gasteiger partial charge < -0.3 is 5.32 Å². The van der Waals surface area contributed by atoms with Gasteiger partial charge in [0.25, 0.3) is 0 Å². The summed E-state index contributed by atoms with van der Waals surface area (Å²) < 4.78 is 0. The summed E-state index contributed by atoms with van der Waals surface area (Å²) in [4.78, 5) is 11.2. The van der Waals surface area contributed by atoms with E-state index in [1.165, 1.54) is 0 Å². The molecule has 1 aliphatic heterocycles. The van der Waals surface area contributed by atoms with E-state index < -0.39 is 0 Å². The van der Waals surface area contributed by atoms with Gasteiger partial charge in [-0.3, -0.25) is 10.1 Å². The molecule has 1 saturated heterocycles. The predicted octanol–water partition coefficient (Wildman–Crippen LogP) is -0.124. The van der Waals surface area contributed by atoms with Crippen molar-refractivity contribution in [3.8, 4) is 12.3 Å². The number of terminal acetylenes is 1. The van der Waals surface area contributed by atoms with Gasteiger partial charge in [-0.15, -0.1) is 6.42 Å². The van der Waals surface area contributed by atoms with E-state index in [-0.39, 0.29) is 18.0 Å². The maximum Gasteiger partial charge on any atom is 0.237 e. The maximum atomic E-state index is 11.2. The highest BCUT2D eigenvalue weighted by atomic mass is 16.2. The summed E-state index contributed by atoms with van der Waals surface area (Å²) in [6, 6.07) is -0.122. The minimum absolute atomic E-state index is 0.0288. The fourth-order valence-corrected chi connectivity index (χ4v) is 1.28. The van der Waals surface area contributed by atoms with Crippen molar-refractivity contribution in [2.45, 2.75) is 31.8 Å². The molecule has 1 rings (SSSR count). The molecule has 0 aromatic rings. The minimum Gasteiger partial charge on any atom is -0.355 e. The number of nitrogens with one attached hydrogen (secondary N) is 2. The molecular formula is C9H14N2O. The smallest absolute Gasteiger partial charge is 0.237 e. The third-order valence-electron chi connectivity index (χ3n) is 1.99. The van der Waals surface area contributed by atoms with E-state index in [1.54, 1.807) is 0 Å². The lowest BCUT2D eigenvalue weighted by Crippen LogP contribution is -2.50. The number of carbonyl (C=O) groups is 1. The molecule has 1 aliphatic rings. The minimum atomic E-state index is -0.0928. The Morgan fingerprint density at radius 3 is 3.17 bits per heavy atom. The van der Waals surface area contributed by atoms with Crippen LogP contribution in [0.1, 0.15) is 19.8 Å². The van der Waals surface area contributed by atoms with E-state index in [1.807, 2.05) is 6.92 Å². The first kappa shape index (κ1) is 9.08. The Morgan fingerprint density at radius 2 is 2.58 bits per heavy atom. The summed E-state index contributed by atoms with van der Waals surface area (Å²) in [6.07, 6.45) is 7.11. The molecule has 0 aromatic carbocycles. The van der Waals surface area contributed by atoms with Crippen molar-refractivity contribution in [1.82, 2.24) is 10.6 Å². The quantitative estimate of drug-likeness (QED) is 0.561. The van der Waals surface area contributed by atoms with Crippen molar-refractivity contribution in [3.63, 3.8) is 0 Å². The van der Waals surface area contributed by atoms with Gasteiger partial charge in [0.1, 0.15) is 0 Å². The number of piperidine rings is 1. The first-order valence-electron chi connectivity index (χ1n) is 4.24. The number of hydrogen-bond donors (Lipinski definition) is 2. The second kappa shape index (κ2) is 4.13. The Hall–Kier alpha value is -1.01. The molecule has 12 heavy (non-hydrogen) atoms. The van der Waals surface area contributed by atoms with E-state index in [9.17, 15) is 4.79 Å². The average molecular weight is 166 g/mol. The zero-order valence-corrected chi connectivity index (χ0v) is 7.26. The van der Waals surface area contributed by atoms with Gasteiger partial charge in [0.2, 0.25) is 5.91 Å². The third-order valence-corrected chi connectivity index (χ3v) is 1.99. The molecule has 2 atom stereocenters. The van der Waals surface area contributed by atoms with E-state index in [2.05, 4.69) is 16.6 Å². The molecule has 2 unspecified atom stereocenters. The molecule has 0 aliphatic carbocycles. The van der Waals surface area contributed by atoms with Crippen LogP contribution in [0.3, 0.4) is 0 Å². The Labute approximate surface area is 72.9 Å². The van der Waals surface area contributed by atoms with Gasteiger partial charge in [0.15, 0.2) is 0 Å². The summed E-state index contributed by atoms with van der Waals surface area (Å²) >= 11 is 0. The zero-order valence-electron chi connectivity index (χ0n) is 7.26. The summed E-state index contributed by atoms with van der Waals surface area (Å²) in [6.45, 7) is 2.67. The van der Waals surface area contributed by atoms with Gasteiger partial charge >= 0.3 is 0 Å². The largest absolute Gasteiger partial charge is 0.355 e. The van der Waals surface area contributed by atoms with E-state index >= 15 is 0 Å². The monoisotopic (exact) mass is 166 g/mol. The Bertz CT molecular complexity index is 207. The Balaban J connectivity index is 2.40. The standard InChI is InChI=1S/C9H14N2O/c1-3-7(2)11-8-5-4-6-10-9(8)12/h1,7-8,11H,4-6H2,2H3,(H,10,12). The number of amides is 1.